The highest BCUT2D eigenvalue weighted by Gasteiger charge is 2.29. The molecule has 2 heterocycles. The molecule has 5 nitrogen and oxygen atoms in total. The molecule has 0 spiro atoms. The van der Waals surface area contributed by atoms with E-state index in [4.69, 9.17) is 5.73 Å². The number of aromatic nitrogens is 2. The van der Waals surface area contributed by atoms with Crippen LogP contribution in [-0.4, -0.2) is 40.6 Å². The summed E-state index contributed by atoms with van der Waals surface area (Å²) in [6.45, 7) is 2.11. The number of carbonyl (C=O) groups excluding carboxylic acids is 1. The number of aromatic amines is 1. The van der Waals surface area contributed by atoms with E-state index in [0.717, 1.165) is 35.2 Å². The minimum absolute atomic E-state index is 0.0208. The van der Waals surface area contributed by atoms with Gasteiger partial charge in [-0.25, -0.2) is 0 Å². The van der Waals surface area contributed by atoms with Crippen LogP contribution in [0.1, 0.15) is 16.9 Å². The second-order valence-corrected chi connectivity index (χ2v) is 6.06. The van der Waals surface area contributed by atoms with Gasteiger partial charge in [-0.3, -0.25) is 9.89 Å². The second-order valence-electron chi connectivity index (χ2n) is 5.27. The van der Waals surface area contributed by atoms with Crippen LogP contribution in [0.2, 0.25) is 0 Å². The Labute approximate surface area is 131 Å². The smallest absolute Gasteiger partial charge is 0.273 e. The zero-order valence-corrected chi connectivity index (χ0v) is 13.1. The Balaban J connectivity index is 1.84. The summed E-state index contributed by atoms with van der Waals surface area (Å²) in [5.41, 5.74) is 7.91. The highest BCUT2D eigenvalue weighted by atomic mass is 79.9. The van der Waals surface area contributed by atoms with E-state index in [1.54, 1.807) is 0 Å². The fourth-order valence-corrected chi connectivity index (χ4v) is 3.20. The van der Waals surface area contributed by atoms with E-state index in [1.165, 1.54) is 0 Å². The van der Waals surface area contributed by atoms with E-state index in [2.05, 4.69) is 26.1 Å². The van der Waals surface area contributed by atoms with Gasteiger partial charge in [-0.05, 0) is 34.8 Å². The summed E-state index contributed by atoms with van der Waals surface area (Å²) in [6, 6.07) is 9.78. The molecule has 1 saturated heterocycles. The highest BCUT2D eigenvalue weighted by Crippen LogP contribution is 2.30. The standard InChI is InChI=1S/C15H17BrN4O/c16-12-13(11-4-2-1-3-5-11)18-19-14(12)15(21)20-7-6-10(8-17)9-20/h1-5,10H,6-9,17H2,(H,18,19)/t10-/m1/s1. The number of carbonyl (C=O) groups is 1. The molecule has 21 heavy (non-hydrogen) atoms. The van der Waals surface area contributed by atoms with Crippen molar-refractivity contribution in [3.8, 4) is 11.3 Å². The lowest BCUT2D eigenvalue weighted by Crippen LogP contribution is -2.30. The first-order valence-corrected chi connectivity index (χ1v) is 7.78. The molecule has 110 valence electrons. The van der Waals surface area contributed by atoms with Crippen molar-refractivity contribution < 1.29 is 4.79 Å². The molecule has 0 radical (unpaired) electrons. The maximum Gasteiger partial charge on any atom is 0.273 e. The molecule has 6 heteroatoms. The van der Waals surface area contributed by atoms with Crippen LogP contribution in [0.15, 0.2) is 34.8 Å². The van der Waals surface area contributed by atoms with Crippen LogP contribution in [0.4, 0.5) is 0 Å². The molecular formula is C15H17BrN4O. The number of hydrogen-bond donors (Lipinski definition) is 2. The molecule has 0 aliphatic carbocycles. The van der Waals surface area contributed by atoms with Gasteiger partial charge in [0, 0.05) is 18.7 Å². The molecule has 0 saturated carbocycles. The summed E-state index contributed by atoms with van der Waals surface area (Å²) in [7, 11) is 0. The van der Waals surface area contributed by atoms with Crippen LogP contribution in [-0.2, 0) is 0 Å². The van der Waals surface area contributed by atoms with Crippen molar-refractivity contribution in [1.82, 2.24) is 15.1 Å². The molecule has 1 aliphatic heterocycles. The number of halogens is 1. The first kappa shape index (κ1) is 14.3. The largest absolute Gasteiger partial charge is 0.337 e. The lowest BCUT2D eigenvalue weighted by Gasteiger charge is -2.15. The zero-order valence-electron chi connectivity index (χ0n) is 11.6. The van der Waals surface area contributed by atoms with Crippen molar-refractivity contribution >= 4 is 21.8 Å². The summed E-state index contributed by atoms with van der Waals surface area (Å²) >= 11 is 3.50. The van der Waals surface area contributed by atoms with E-state index in [-0.39, 0.29) is 5.91 Å². The Morgan fingerprint density at radius 2 is 2.19 bits per heavy atom. The third-order valence-corrected chi connectivity index (χ3v) is 4.65. The van der Waals surface area contributed by atoms with E-state index < -0.39 is 0 Å². The summed E-state index contributed by atoms with van der Waals surface area (Å²) in [5.74, 6) is 0.386. The predicted octanol–water partition coefficient (Wildman–Crippen LogP) is 2.26. The van der Waals surface area contributed by atoms with E-state index in [1.807, 2.05) is 35.2 Å². The van der Waals surface area contributed by atoms with Crippen LogP contribution >= 0.6 is 15.9 Å². The molecule has 1 atom stereocenters. The first-order chi connectivity index (χ1) is 10.2. The van der Waals surface area contributed by atoms with Gasteiger partial charge >= 0.3 is 0 Å². The summed E-state index contributed by atoms with van der Waals surface area (Å²) in [5, 5.41) is 7.14. The van der Waals surface area contributed by atoms with Crippen molar-refractivity contribution in [2.24, 2.45) is 11.7 Å². The van der Waals surface area contributed by atoms with Gasteiger partial charge in [0.2, 0.25) is 0 Å². The van der Waals surface area contributed by atoms with Gasteiger partial charge in [0.15, 0.2) is 0 Å². The number of hydrogen-bond acceptors (Lipinski definition) is 3. The van der Waals surface area contributed by atoms with E-state index in [0.29, 0.717) is 18.2 Å². The van der Waals surface area contributed by atoms with Gasteiger partial charge in [-0.1, -0.05) is 30.3 Å². The number of likely N-dealkylation sites (tertiary alicyclic amines) is 1. The van der Waals surface area contributed by atoms with Gasteiger partial charge in [-0.15, -0.1) is 0 Å². The average Bonchev–Trinajstić information content (AvgIpc) is 3.14. The lowest BCUT2D eigenvalue weighted by atomic mass is 10.1. The highest BCUT2D eigenvalue weighted by molar-refractivity contribution is 9.10. The van der Waals surface area contributed by atoms with Gasteiger partial charge in [0.1, 0.15) is 11.4 Å². The summed E-state index contributed by atoms with van der Waals surface area (Å²) in [4.78, 5) is 14.4. The van der Waals surface area contributed by atoms with Crippen LogP contribution < -0.4 is 5.73 Å². The third-order valence-electron chi connectivity index (χ3n) is 3.87. The number of amides is 1. The monoisotopic (exact) mass is 348 g/mol. The molecule has 0 bridgehead atoms. The van der Waals surface area contributed by atoms with Gasteiger partial charge in [0.05, 0.1) is 4.47 Å². The number of rotatable bonds is 3. The minimum Gasteiger partial charge on any atom is -0.337 e. The Morgan fingerprint density at radius 3 is 2.86 bits per heavy atom. The molecule has 1 aromatic carbocycles. The van der Waals surface area contributed by atoms with Crippen molar-refractivity contribution in [1.29, 1.82) is 0 Å². The fraction of sp³-hybridized carbons (Fsp3) is 0.333. The molecule has 1 aromatic heterocycles. The van der Waals surface area contributed by atoms with Crippen molar-refractivity contribution in [2.45, 2.75) is 6.42 Å². The number of nitrogens with one attached hydrogen (secondary N) is 1. The molecule has 0 unspecified atom stereocenters. The van der Waals surface area contributed by atoms with Crippen molar-refractivity contribution in [3.05, 3.63) is 40.5 Å². The molecule has 1 aliphatic rings. The molecule has 3 N–H and O–H groups in total. The fourth-order valence-electron chi connectivity index (χ4n) is 2.62. The maximum absolute atomic E-state index is 12.6. The van der Waals surface area contributed by atoms with Crippen molar-refractivity contribution in [2.75, 3.05) is 19.6 Å². The molecule has 1 amide bonds. The van der Waals surface area contributed by atoms with Crippen LogP contribution in [0.5, 0.6) is 0 Å². The molecule has 1 fully saturated rings. The molecular weight excluding hydrogens is 332 g/mol. The minimum atomic E-state index is -0.0208. The van der Waals surface area contributed by atoms with Crippen LogP contribution in [0.3, 0.4) is 0 Å². The average molecular weight is 349 g/mol. The number of nitrogens with zero attached hydrogens (tertiary/aromatic N) is 2. The SMILES string of the molecule is NC[C@H]1CCN(C(=O)c2[nH]nc(-c3ccccc3)c2Br)C1. The number of benzene rings is 1. The second kappa shape index (κ2) is 5.99. The Kier molecular flexibility index (Phi) is 4.07. The maximum atomic E-state index is 12.6. The summed E-state index contributed by atoms with van der Waals surface area (Å²) in [6.07, 6.45) is 0.972. The quantitative estimate of drug-likeness (QED) is 0.893. The summed E-state index contributed by atoms with van der Waals surface area (Å²) < 4.78 is 0.717. The molecule has 2 aromatic rings. The first-order valence-electron chi connectivity index (χ1n) is 6.99. The Bertz CT molecular complexity index is 640. The molecule has 3 rings (SSSR count). The van der Waals surface area contributed by atoms with Gasteiger partial charge < -0.3 is 10.6 Å². The normalized spacial score (nSPS) is 18.2. The number of H-pyrrole nitrogens is 1. The topological polar surface area (TPSA) is 75.0 Å². The number of nitrogens with two attached hydrogens (primary N) is 1. The van der Waals surface area contributed by atoms with Crippen LogP contribution in [0, 0.1) is 5.92 Å². The zero-order chi connectivity index (χ0) is 14.8. The van der Waals surface area contributed by atoms with Gasteiger partial charge in [0.25, 0.3) is 5.91 Å². The van der Waals surface area contributed by atoms with Crippen molar-refractivity contribution in [3.63, 3.8) is 0 Å². The van der Waals surface area contributed by atoms with E-state index in [9.17, 15) is 4.79 Å². The van der Waals surface area contributed by atoms with E-state index >= 15 is 0 Å². The van der Waals surface area contributed by atoms with Crippen LogP contribution in [0.25, 0.3) is 11.3 Å². The predicted molar refractivity (Wildman–Crippen MR) is 84.8 cm³/mol. The lowest BCUT2D eigenvalue weighted by molar-refractivity contribution is 0.0781. The Morgan fingerprint density at radius 1 is 1.43 bits per heavy atom. The third kappa shape index (κ3) is 2.73. The Hall–Kier alpha value is -1.66. The van der Waals surface area contributed by atoms with Gasteiger partial charge in [-0.2, -0.15) is 5.10 Å².